The summed E-state index contributed by atoms with van der Waals surface area (Å²) in [5.74, 6) is 2.02. The maximum absolute atomic E-state index is 6.06. The summed E-state index contributed by atoms with van der Waals surface area (Å²) in [7, 11) is 0. The van der Waals surface area contributed by atoms with Crippen LogP contribution < -0.4 is 0 Å². The summed E-state index contributed by atoms with van der Waals surface area (Å²) in [6.45, 7) is 4.21. The maximum Gasteiger partial charge on any atom is 0.144 e. The van der Waals surface area contributed by atoms with E-state index < -0.39 is 0 Å². The largest absolute Gasteiger partial charge is 0.456 e. The van der Waals surface area contributed by atoms with Gasteiger partial charge in [-0.2, -0.15) is 0 Å². The van der Waals surface area contributed by atoms with E-state index in [4.69, 9.17) is 4.42 Å². The fourth-order valence-electron chi connectivity index (χ4n) is 2.70. The minimum atomic E-state index is 1.01. The SMILES string of the molecule is C=C1Sc2ccccc2-c2oc3c(c21)CCC=C3. The Morgan fingerprint density at radius 1 is 1.22 bits per heavy atom. The second-order valence-electron chi connectivity index (χ2n) is 4.61. The lowest BCUT2D eigenvalue weighted by atomic mass is 9.97. The molecule has 1 aromatic carbocycles. The Labute approximate surface area is 110 Å². The molecule has 0 atom stereocenters. The van der Waals surface area contributed by atoms with Crippen LogP contribution in [0.15, 0.2) is 46.2 Å². The number of benzene rings is 1. The molecule has 0 saturated carbocycles. The monoisotopic (exact) mass is 252 g/mol. The van der Waals surface area contributed by atoms with Gasteiger partial charge in [-0.3, -0.25) is 0 Å². The molecule has 0 amide bonds. The van der Waals surface area contributed by atoms with Crippen molar-refractivity contribution in [1.82, 2.24) is 0 Å². The highest BCUT2D eigenvalue weighted by atomic mass is 32.2. The fourth-order valence-corrected chi connectivity index (χ4v) is 3.70. The summed E-state index contributed by atoms with van der Waals surface area (Å²) < 4.78 is 6.06. The highest BCUT2D eigenvalue weighted by Crippen LogP contribution is 2.51. The van der Waals surface area contributed by atoms with Gasteiger partial charge in [0.2, 0.25) is 0 Å². The number of rotatable bonds is 0. The van der Waals surface area contributed by atoms with Crippen molar-refractivity contribution < 1.29 is 4.42 Å². The standard InChI is InChI=1S/C16H12OS/c1-10-15-11-6-2-4-8-13(11)17-16(15)12-7-3-5-9-14(12)18-10/h3-5,7-9H,1-2,6H2. The predicted octanol–water partition coefficient (Wildman–Crippen LogP) is 4.98. The van der Waals surface area contributed by atoms with Crippen molar-refractivity contribution in [3.8, 4) is 11.3 Å². The molecule has 18 heavy (non-hydrogen) atoms. The van der Waals surface area contributed by atoms with Crippen LogP contribution in [0.5, 0.6) is 0 Å². The summed E-state index contributed by atoms with van der Waals surface area (Å²) in [6.07, 6.45) is 6.43. The first-order chi connectivity index (χ1) is 8.84. The maximum atomic E-state index is 6.06. The van der Waals surface area contributed by atoms with Gasteiger partial charge in [0.1, 0.15) is 11.5 Å². The second-order valence-corrected chi connectivity index (χ2v) is 5.75. The minimum Gasteiger partial charge on any atom is -0.456 e. The molecule has 0 fully saturated rings. The Bertz CT molecular complexity index is 691. The van der Waals surface area contributed by atoms with E-state index in [-0.39, 0.29) is 0 Å². The average Bonchev–Trinajstić information content (AvgIpc) is 2.79. The molecule has 1 aliphatic heterocycles. The van der Waals surface area contributed by atoms with Crippen LogP contribution in [0.1, 0.15) is 23.3 Å². The Morgan fingerprint density at radius 2 is 2.11 bits per heavy atom. The van der Waals surface area contributed by atoms with E-state index in [2.05, 4.69) is 43.0 Å². The predicted molar refractivity (Wildman–Crippen MR) is 76.4 cm³/mol. The molecule has 0 bridgehead atoms. The lowest BCUT2D eigenvalue weighted by molar-refractivity contribution is 0.563. The van der Waals surface area contributed by atoms with Crippen molar-refractivity contribution in [3.05, 3.63) is 53.8 Å². The van der Waals surface area contributed by atoms with Gasteiger partial charge in [0.15, 0.2) is 0 Å². The van der Waals surface area contributed by atoms with E-state index >= 15 is 0 Å². The Kier molecular flexibility index (Phi) is 2.09. The van der Waals surface area contributed by atoms with Crippen LogP contribution in [0.2, 0.25) is 0 Å². The zero-order chi connectivity index (χ0) is 12.1. The third-order valence-corrected chi connectivity index (χ3v) is 4.54. The number of fused-ring (bicyclic) bond motifs is 5. The van der Waals surface area contributed by atoms with E-state index in [1.807, 2.05) is 0 Å². The normalized spacial score (nSPS) is 16.1. The molecule has 0 N–H and O–H groups in total. The van der Waals surface area contributed by atoms with Gasteiger partial charge in [0, 0.05) is 26.5 Å². The number of hydrogen-bond acceptors (Lipinski definition) is 2. The van der Waals surface area contributed by atoms with Gasteiger partial charge in [-0.05, 0) is 25.0 Å². The van der Waals surface area contributed by atoms with Crippen molar-refractivity contribution in [2.24, 2.45) is 0 Å². The molecule has 2 aromatic rings. The van der Waals surface area contributed by atoms with Crippen LogP contribution in [0.25, 0.3) is 22.3 Å². The molecule has 2 aliphatic rings. The topological polar surface area (TPSA) is 13.1 Å². The minimum absolute atomic E-state index is 1.01. The van der Waals surface area contributed by atoms with Gasteiger partial charge in [-0.15, -0.1) is 0 Å². The van der Waals surface area contributed by atoms with E-state index in [0.717, 1.165) is 29.3 Å². The van der Waals surface area contributed by atoms with Gasteiger partial charge in [0.05, 0.1) is 0 Å². The molecule has 1 aliphatic carbocycles. The average molecular weight is 252 g/mol. The van der Waals surface area contributed by atoms with E-state index in [0.29, 0.717) is 0 Å². The molecule has 0 radical (unpaired) electrons. The highest BCUT2D eigenvalue weighted by Gasteiger charge is 2.28. The van der Waals surface area contributed by atoms with Crippen LogP contribution >= 0.6 is 11.8 Å². The quantitative estimate of drug-likeness (QED) is 0.655. The van der Waals surface area contributed by atoms with Crippen molar-refractivity contribution in [2.45, 2.75) is 17.7 Å². The number of thioether (sulfide) groups is 1. The Hall–Kier alpha value is -1.67. The Balaban J connectivity index is 2.05. The molecular weight excluding hydrogens is 240 g/mol. The molecular formula is C16H12OS. The molecule has 1 aromatic heterocycles. The Morgan fingerprint density at radius 3 is 3.06 bits per heavy atom. The van der Waals surface area contributed by atoms with E-state index in [1.54, 1.807) is 11.8 Å². The molecule has 0 saturated heterocycles. The van der Waals surface area contributed by atoms with Gasteiger partial charge in [-0.25, -0.2) is 0 Å². The smallest absolute Gasteiger partial charge is 0.144 e. The molecule has 88 valence electrons. The molecule has 2 heterocycles. The van der Waals surface area contributed by atoms with Gasteiger partial charge >= 0.3 is 0 Å². The molecule has 4 rings (SSSR count). The third-order valence-electron chi connectivity index (χ3n) is 3.51. The van der Waals surface area contributed by atoms with Crippen molar-refractivity contribution in [3.63, 3.8) is 0 Å². The van der Waals surface area contributed by atoms with Crippen molar-refractivity contribution >= 4 is 22.7 Å². The lowest BCUT2D eigenvalue weighted by Gasteiger charge is -2.17. The third kappa shape index (κ3) is 1.30. The molecule has 1 nitrogen and oxygen atoms in total. The zero-order valence-corrected chi connectivity index (χ0v) is 10.7. The van der Waals surface area contributed by atoms with Crippen LogP contribution in [-0.4, -0.2) is 0 Å². The van der Waals surface area contributed by atoms with Gasteiger partial charge in [0.25, 0.3) is 0 Å². The number of furan rings is 1. The summed E-state index contributed by atoms with van der Waals surface area (Å²) in [6, 6.07) is 8.39. The highest BCUT2D eigenvalue weighted by molar-refractivity contribution is 8.08. The summed E-state index contributed by atoms with van der Waals surface area (Å²) in [5, 5.41) is 0. The first kappa shape index (κ1) is 10.3. The lowest BCUT2D eigenvalue weighted by Crippen LogP contribution is -1.96. The van der Waals surface area contributed by atoms with Crippen molar-refractivity contribution in [2.75, 3.05) is 0 Å². The van der Waals surface area contributed by atoms with E-state index in [9.17, 15) is 0 Å². The summed E-state index contributed by atoms with van der Waals surface area (Å²) in [5.41, 5.74) is 3.77. The van der Waals surface area contributed by atoms with Crippen LogP contribution in [0.3, 0.4) is 0 Å². The summed E-state index contributed by atoms with van der Waals surface area (Å²) in [4.78, 5) is 2.36. The van der Waals surface area contributed by atoms with Crippen LogP contribution in [0.4, 0.5) is 0 Å². The van der Waals surface area contributed by atoms with Crippen LogP contribution in [-0.2, 0) is 6.42 Å². The van der Waals surface area contributed by atoms with Gasteiger partial charge in [-0.1, -0.05) is 42.6 Å². The number of hydrogen-bond donors (Lipinski definition) is 0. The molecule has 0 unspecified atom stereocenters. The summed E-state index contributed by atoms with van der Waals surface area (Å²) >= 11 is 1.75. The molecule has 0 spiro atoms. The fraction of sp³-hybridized carbons (Fsp3) is 0.125. The zero-order valence-electron chi connectivity index (χ0n) is 9.90. The number of allylic oxidation sites excluding steroid dienone is 1. The van der Waals surface area contributed by atoms with Gasteiger partial charge < -0.3 is 4.42 Å². The van der Waals surface area contributed by atoms with E-state index in [1.165, 1.54) is 21.6 Å². The van der Waals surface area contributed by atoms with Crippen molar-refractivity contribution in [1.29, 1.82) is 0 Å². The first-order valence-corrected chi connectivity index (χ1v) is 6.95. The van der Waals surface area contributed by atoms with Crippen LogP contribution in [0, 0.1) is 0 Å². The molecule has 2 heteroatoms. The second kappa shape index (κ2) is 3.66. The first-order valence-electron chi connectivity index (χ1n) is 6.13.